The summed E-state index contributed by atoms with van der Waals surface area (Å²) in [6, 6.07) is 12.8. The Labute approximate surface area is 197 Å². The molecule has 2 aromatic carbocycles. The molecule has 0 saturated carbocycles. The number of benzene rings is 2. The van der Waals surface area contributed by atoms with Crippen molar-refractivity contribution in [2.45, 2.75) is 30.6 Å². The van der Waals surface area contributed by atoms with Gasteiger partial charge in [-0.05, 0) is 48.7 Å². The summed E-state index contributed by atoms with van der Waals surface area (Å²) in [7, 11) is -3.83. The van der Waals surface area contributed by atoms with Crippen LogP contribution in [0.4, 0.5) is 5.69 Å². The summed E-state index contributed by atoms with van der Waals surface area (Å²) < 4.78 is 32.8. The molecular weight excluding hydrogens is 466 g/mol. The smallest absolute Gasteiger partial charge is 0.331 e. The van der Waals surface area contributed by atoms with Gasteiger partial charge in [-0.2, -0.15) is 0 Å². The second-order valence-corrected chi connectivity index (χ2v) is 9.37. The SMILES string of the molecule is O=C(COC(=O)C=Cc1ccccc1Cl)Nc1cccc(S(=O)(=O)NC2=NCCCCC2)c1. The lowest BCUT2D eigenvalue weighted by Crippen LogP contribution is -2.30. The lowest BCUT2D eigenvalue weighted by atomic mass is 10.2. The van der Waals surface area contributed by atoms with Crippen molar-refractivity contribution in [1.82, 2.24) is 4.72 Å². The highest BCUT2D eigenvalue weighted by Crippen LogP contribution is 2.17. The van der Waals surface area contributed by atoms with Gasteiger partial charge in [-0.3, -0.25) is 14.5 Å². The molecule has 0 atom stereocenters. The Balaban J connectivity index is 1.55. The van der Waals surface area contributed by atoms with Crippen LogP contribution in [-0.2, 0) is 24.3 Å². The fourth-order valence-electron chi connectivity index (χ4n) is 3.06. The van der Waals surface area contributed by atoms with Crippen LogP contribution in [0.3, 0.4) is 0 Å². The van der Waals surface area contributed by atoms with Crippen LogP contribution in [0.2, 0.25) is 5.02 Å². The molecule has 33 heavy (non-hydrogen) atoms. The number of nitrogens with zero attached hydrogens (tertiary/aromatic N) is 1. The lowest BCUT2D eigenvalue weighted by Gasteiger charge is -2.11. The van der Waals surface area contributed by atoms with Crippen molar-refractivity contribution in [1.29, 1.82) is 0 Å². The van der Waals surface area contributed by atoms with Gasteiger partial charge in [0.2, 0.25) is 0 Å². The second-order valence-electron chi connectivity index (χ2n) is 7.28. The Morgan fingerprint density at radius 3 is 2.73 bits per heavy atom. The van der Waals surface area contributed by atoms with Gasteiger partial charge in [0, 0.05) is 29.8 Å². The van der Waals surface area contributed by atoms with Gasteiger partial charge in [-0.15, -0.1) is 0 Å². The average Bonchev–Trinajstić information content (AvgIpc) is 3.05. The van der Waals surface area contributed by atoms with Gasteiger partial charge >= 0.3 is 5.97 Å². The molecule has 3 rings (SSSR count). The van der Waals surface area contributed by atoms with Crippen molar-refractivity contribution < 1.29 is 22.7 Å². The standard InChI is InChI=1S/C23H24ClN3O5S/c24-20-10-4-3-7-17(20)12-13-23(29)32-16-22(28)26-18-8-6-9-19(15-18)33(30,31)27-21-11-2-1-5-14-25-21/h3-4,6-10,12-13,15H,1-2,5,11,14,16H2,(H,25,27)(H,26,28). The molecule has 0 fully saturated rings. The third-order valence-corrected chi connectivity index (χ3v) is 6.43. The van der Waals surface area contributed by atoms with Crippen LogP contribution in [0, 0.1) is 0 Å². The van der Waals surface area contributed by atoms with E-state index in [4.69, 9.17) is 16.3 Å². The molecule has 0 radical (unpaired) electrons. The summed E-state index contributed by atoms with van der Waals surface area (Å²) in [4.78, 5) is 28.3. The van der Waals surface area contributed by atoms with Gasteiger partial charge in [-0.1, -0.05) is 42.3 Å². The van der Waals surface area contributed by atoms with E-state index < -0.39 is 28.5 Å². The summed E-state index contributed by atoms with van der Waals surface area (Å²) in [5, 5.41) is 3.00. The summed E-state index contributed by atoms with van der Waals surface area (Å²) >= 11 is 6.01. The van der Waals surface area contributed by atoms with Crippen molar-refractivity contribution in [3.8, 4) is 0 Å². The number of amidine groups is 1. The Bertz CT molecular complexity index is 1180. The van der Waals surface area contributed by atoms with Crippen LogP contribution in [0.1, 0.15) is 31.2 Å². The van der Waals surface area contributed by atoms with Crippen molar-refractivity contribution in [3.05, 3.63) is 65.2 Å². The van der Waals surface area contributed by atoms with Crippen LogP contribution in [-0.4, -0.2) is 39.3 Å². The summed E-state index contributed by atoms with van der Waals surface area (Å²) in [5.74, 6) is -0.876. The Morgan fingerprint density at radius 1 is 1.09 bits per heavy atom. The number of hydrogen-bond acceptors (Lipinski definition) is 6. The Morgan fingerprint density at radius 2 is 1.91 bits per heavy atom. The predicted molar refractivity (Wildman–Crippen MR) is 128 cm³/mol. The van der Waals surface area contributed by atoms with E-state index in [2.05, 4.69) is 15.0 Å². The molecule has 2 N–H and O–H groups in total. The zero-order valence-electron chi connectivity index (χ0n) is 17.8. The molecule has 1 aliphatic heterocycles. The highest BCUT2D eigenvalue weighted by Gasteiger charge is 2.18. The highest BCUT2D eigenvalue weighted by molar-refractivity contribution is 7.90. The number of sulfonamides is 1. The minimum atomic E-state index is -3.83. The number of carbonyl (C=O) groups is 2. The molecule has 0 saturated heterocycles. The number of nitrogens with one attached hydrogen (secondary N) is 2. The first-order valence-electron chi connectivity index (χ1n) is 10.4. The topological polar surface area (TPSA) is 114 Å². The Kier molecular flexibility index (Phi) is 8.62. The first-order valence-corrected chi connectivity index (χ1v) is 12.2. The fourth-order valence-corrected chi connectivity index (χ4v) is 4.40. The number of ether oxygens (including phenoxy) is 1. The molecule has 0 bridgehead atoms. The summed E-state index contributed by atoms with van der Waals surface area (Å²) in [5.41, 5.74) is 0.898. The van der Waals surface area contributed by atoms with Crippen LogP contribution >= 0.6 is 11.6 Å². The molecule has 0 aliphatic carbocycles. The number of anilines is 1. The van der Waals surface area contributed by atoms with Crippen molar-refractivity contribution in [2.24, 2.45) is 4.99 Å². The summed E-state index contributed by atoms with van der Waals surface area (Å²) in [6.45, 7) is 0.0674. The van der Waals surface area contributed by atoms with Gasteiger partial charge in [0.05, 0.1) is 4.90 Å². The normalized spacial score (nSPS) is 14.3. The van der Waals surface area contributed by atoms with Gasteiger partial charge < -0.3 is 10.1 Å². The monoisotopic (exact) mass is 489 g/mol. The van der Waals surface area contributed by atoms with Gasteiger partial charge in [-0.25, -0.2) is 13.2 Å². The van der Waals surface area contributed by atoms with E-state index in [-0.39, 0.29) is 10.6 Å². The first kappa shape index (κ1) is 24.5. The van der Waals surface area contributed by atoms with Crippen LogP contribution in [0.25, 0.3) is 6.08 Å². The number of aliphatic imine (C=N–C) groups is 1. The molecule has 0 unspecified atom stereocenters. The van der Waals surface area contributed by atoms with Crippen molar-refractivity contribution in [3.63, 3.8) is 0 Å². The number of esters is 1. The van der Waals surface area contributed by atoms with Crippen LogP contribution < -0.4 is 10.0 Å². The number of carbonyl (C=O) groups excluding carboxylic acids is 2. The predicted octanol–water partition coefficient (Wildman–Crippen LogP) is 3.79. The molecule has 1 heterocycles. The first-order chi connectivity index (χ1) is 15.8. The van der Waals surface area contributed by atoms with Gasteiger partial charge in [0.25, 0.3) is 15.9 Å². The van der Waals surface area contributed by atoms with Gasteiger partial charge in [0.1, 0.15) is 5.84 Å². The minimum Gasteiger partial charge on any atom is -0.452 e. The zero-order valence-corrected chi connectivity index (χ0v) is 19.4. The maximum absolute atomic E-state index is 12.7. The molecule has 1 aliphatic rings. The van der Waals surface area contributed by atoms with E-state index in [1.807, 2.05) is 0 Å². The second kappa shape index (κ2) is 11.6. The molecule has 8 nitrogen and oxygen atoms in total. The fraction of sp³-hybridized carbons (Fsp3) is 0.261. The van der Waals surface area contributed by atoms with Crippen LogP contribution in [0.15, 0.2) is 64.5 Å². The maximum atomic E-state index is 12.7. The van der Waals surface area contributed by atoms with Crippen molar-refractivity contribution >= 4 is 51.1 Å². The number of halogens is 1. The van der Waals surface area contributed by atoms with E-state index >= 15 is 0 Å². The number of rotatable bonds is 7. The average molecular weight is 490 g/mol. The minimum absolute atomic E-state index is 0.00749. The molecule has 10 heteroatoms. The lowest BCUT2D eigenvalue weighted by molar-refractivity contribution is -0.142. The van der Waals surface area contributed by atoms with E-state index in [1.165, 1.54) is 30.4 Å². The molecular formula is C23H24ClN3O5S. The van der Waals surface area contributed by atoms with Crippen molar-refractivity contribution in [2.75, 3.05) is 18.5 Å². The third kappa shape index (κ3) is 7.73. The van der Waals surface area contributed by atoms with E-state index in [9.17, 15) is 18.0 Å². The molecule has 0 aromatic heterocycles. The maximum Gasteiger partial charge on any atom is 0.331 e. The zero-order chi connectivity index (χ0) is 23.7. The molecule has 2 aromatic rings. The largest absolute Gasteiger partial charge is 0.452 e. The molecule has 0 spiro atoms. The quantitative estimate of drug-likeness (QED) is 0.453. The van der Waals surface area contributed by atoms with E-state index in [1.54, 1.807) is 30.3 Å². The van der Waals surface area contributed by atoms with E-state index in [0.29, 0.717) is 29.4 Å². The summed E-state index contributed by atoms with van der Waals surface area (Å²) in [6.07, 6.45) is 6.06. The highest BCUT2D eigenvalue weighted by atomic mass is 35.5. The van der Waals surface area contributed by atoms with Crippen LogP contribution in [0.5, 0.6) is 0 Å². The van der Waals surface area contributed by atoms with Gasteiger partial charge in [0.15, 0.2) is 6.61 Å². The van der Waals surface area contributed by atoms with E-state index in [0.717, 1.165) is 19.3 Å². The number of amides is 1. The number of hydrogen-bond donors (Lipinski definition) is 2. The molecule has 1 amide bonds. The third-order valence-electron chi connectivity index (χ3n) is 4.70. The Hall–Kier alpha value is -3.17. The molecule has 174 valence electrons.